The van der Waals surface area contributed by atoms with Crippen molar-refractivity contribution in [1.82, 2.24) is 10.6 Å². The molecule has 1 aromatic carbocycles. The second-order valence-corrected chi connectivity index (χ2v) is 6.28. The van der Waals surface area contributed by atoms with Crippen molar-refractivity contribution in [2.75, 3.05) is 27.3 Å². The van der Waals surface area contributed by atoms with E-state index >= 15 is 0 Å². The van der Waals surface area contributed by atoms with E-state index in [1.807, 2.05) is 0 Å². The standard InChI is InChI=1S/C18H28F3N3O2/c1-13(2)6-5-9-23-17(22-3)24-11-14-7-8-15(16(10-14)25-4)26-12-18(19,20)21/h7-8,10,13H,5-6,9,11-12H2,1-4H3,(H2,22,23,24). The number of nitrogens with one attached hydrogen (secondary N) is 2. The lowest BCUT2D eigenvalue weighted by Gasteiger charge is -2.15. The molecule has 0 aromatic heterocycles. The molecule has 148 valence electrons. The molecule has 0 atom stereocenters. The van der Waals surface area contributed by atoms with Gasteiger partial charge in [-0.1, -0.05) is 19.9 Å². The molecule has 1 rings (SSSR count). The van der Waals surface area contributed by atoms with Crippen molar-refractivity contribution in [3.8, 4) is 11.5 Å². The highest BCUT2D eigenvalue weighted by Crippen LogP contribution is 2.29. The number of alkyl halides is 3. The molecule has 0 spiro atoms. The number of hydrogen-bond donors (Lipinski definition) is 2. The average molecular weight is 375 g/mol. The molecule has 2 N–H and O–H groups in total. The molecule has 0 aliphatic carbocycles. The molecule has 0 saturated heterocycles. The normalized spacial score (nSPS) is 12.2. The van der Waals surface area contributed by atoms with E-state index in [9.17, 15) is 13.2 Å². The minimum absolute atomic E-state index is 0.0600. The maximum Gasteiger partial charge on any atom is 0.422 e. The second-order valence-electron chi connectivity index (χ2n) is 6.28. The van der Waals surface area contributed by atoms with Crippen LogP contribution < -0.4 is 20.1 Å². The Labute approximate surface area is 153 Å². The van der Waals surface area contributed by atoms with Gasteiger partial charge in [-0.15, -0.1) is 0 Å². The van der Waals surface area contributed by atoms with Gasteiger partial charge in [-0.05, 0) is 36.5 Å². The van der Waals surface area contributed by atoms with Crippen LogP contribution in [0.1, 0.15) is 32.3 Å². The third-order valence-corrected chi connectivity index (χ3v) is 3.55. The van der Waals surface area contributed by atoms with Crippen molar-refractivity contribution in [3.63, 3.8) is 0 Å². The van der Waals surface area contributed by atoms with Crippen molar-refractivity contribution < 1.29 is 22.6 Å². The number of guanidine groups is 1. The van der Waals surface area contributed by atoms with Gasteiger partial charge in [-0.3, -0.25) is 4.99 Å². The highest BCUT2D eigenvalue weighted by atomic mass is 19.4. The summed E-state index contributed by atoms with van der Waals surface area (Å²) in [6.07, 6.45) is -2.20. The number of rotatable bonds is 9. The van der Waals surface area contributed by atoms with Crippen LogP contribution in [0.3, 0.4) is 0 Å². The van der Waals surface area contributed by atoms with Crippen LogP contribution in [0.4, 0.5) is 13.2 Å². The minimum atomic E-state index is -4.39. The van der Waals surface area contributed by atoms with Crippen LogP contribution in [0.5, 0.6) is 11.5 Å². The molecule has 0 fully saturated rings. The lowest BCUT2D eigenvalue weighted by molar-refractivity contribution is -0.153. The Balaban J connectivity index is 2.55. The topological polar surface area (TPSA) is 54.9 Å². The maximum atomic E-state index is 12.3. The Kier molecular flexibility index (Phi) is 9.09. The molecular weight excluding hydrogens is 347 g/mol. The molecule has 0 bridgehead atoms. The number of ether oxygens (including phenoxy) is 2. The number of nitrogens with zero attached hydrogens (tertiary/aromatic N) is 1. The maximum absolute atomic E-state index is 12.3. The number of aliphatic imine (C=N–C) groups is 1. The molecule has 0 amide bonds. The molecule has 0 aliphatic rings. The van der Waals surface area contributed by atoms with Gasteiger partial charge in [0.2, 0.25) is 0 Å². The first-order chi connectivity index (χ1) is 12.2. The Morgan fingerprint density at radius 2 is 1.92 bits per heavy atom. The largest absolute Gasteiger partial charge is 0.493 e. The summed E-state index contributed by atoms with van der Waals surface area (Å²) in [6.45, 7) is 4.30. The third kappa shape index (κ3) is 8.82. The van der Waals surface area contributed by atoms with Crippen LogP contribution in [-0.2, 0) is 6.54 Å². The van der Waals surface area contributed by atoms with Crippen LogP contribution >= 0.6 is 0 Å². The summed E-state index contributed by atoms with van der Waals surface area (Å²) in [6, 6.07) is 4.80. The van der Waals surface area contributed by atoms with Gasteiger partial charge < -0.3 is 20.1 Å². The Hall–Kier alpha value is -2.12. The van der Waals surface area contributed by atoms with Gasteiger partial charge in [0.05, 0.1) is 7.11 Å². The minimum Gasteiger partial charge on any atom is -0.493 e. The molecule has 0 saturated carbocycles. The van der Waals surface area contributed by atoms with E-state index in [4.69, 9.17) is 9.47 Å². The highest BCUT2D eigenvalue weighted by molar-refractivity contribution is 5.79. The Morgan fingerprint density at radius 3 is 2.50 bits per heavy atom. The molecule has 0 radical (unpaired) electrons. The fraction of sp³-hybridized carbons (Fsp3) is 0.611. The van der Waals surface area contributed by atoms with Crippen LogP contribution in [0.15, 0.2) is 23.2 Å². The van der Waals surface area contributed by atoms with Crippen LogP contribution in [0.25, 0.3) is 0 Å². The lowest BCUT2D eigenvalue weighted by Crippen LogP contribution is -2.37. The zero-order valence-electron chi connectivity index (χ0n) is 15.7. The molecule has 0 aliphatic heterocycles. The summed E-state index contributed by atoms with van der Waals surface area (Å²) in [7, 11) is 3.08. The molecule has 1 aromatic rings. The zero-order chi connectivity index (χ0) is 19.6. The van der Waals surface area contributed by atoms with E-state index in [-0.39, 0.29) is 11.5 Å². The molecule has 8 heteroatoms. The fourth-order valence-corrected chi connectivity index (χ4v) is 2.22. The monoisotopic (exact) mass is 375 g/mol. The van der Waals surface area contributed by atoms with Gasteiger partial charge in [-0.25, -0.2) is 0 Å². The Bertz CT molecular complexity index is 575. The summed E-state index contributed by atoms with van der Waals surface area (Å²) < 4.78 is 46.7. The van der Waals surface area contributed by atoms with E-state index in [1.165, 1.54) is 13.2 Å². The van der Waals surface area contributed by atoms with Gasteiger partial charge in [0.15, 0.2) is 24.1 Å². The SMILES string of the molecule is CN=C(NCCCC(C)C)NCc1ccc(OCC(F)(F)F)c(OC)c1. The predicted octanol–water partition coefficient (Wildman–Crippen LogP) is 3.74. The van der Waals surface area contributed by atoms with Crippen molar-refractivity contribution in [1.29, 1.82) is 0 Å². The van der Waals surface area contributed by atoms with Gasteiger partial charge in [0.1, 0.15) is 0 Å². The van der Waals surface area contributed by atoms with Gasteiger partial charge in [0, 0.05) is 20.1 Å². The van der Waals surface area contributed by atoms with E-state index in [1.54, 1.807) is 19.2 Å². The molecule has 0 unspecified atom stereocenters. The molecule has 5 nitrogen and oxygen atoms in total. The number of methoxy groups -OCH3 is 1. The zero-order valence-corrected chi connectivity index (χ0v) is 15.7. The summed E-state index contributed by atoms with van der Waals surface area (Å²) in [5.41, 5.74) is 0.839. The lowest BCUT2D eigenvalue weighted by atomic mass is 10.1. The van der Waals surface area contributed by atoms with E-state index in [2.05, 4.69) is 29.5 Å². The average Bonchev–Trinajstić information content (AvgIpc) is 2.58. The van der Waals surface area contributed by atoms with Crippen LogP contribution in [-0.4, -0.2) is 39.4 Å². The van der Waals surface area contributed by atoms with Gasteiger partial charge in [0.25, 0.3) is 0 Å². The molecular formula is C18H28F3N3O2. The number of halogens is 3. The first-order valence-corrected chi connectivity index (χ1v) is 8.56. The van der Waals surface area contributed by atoms with E-state index in [0.29, 0.717) is 18.4 Å². The number of benzene rings is 1. The first kappa shape index (κ1) is 21.9. The summed E-state index contributed by atoms with van der Waals surface area (Å²) in [4.78, 5) is 4.15. The molecule has 0 heterocycles. The summed E-state index contributed by atoms with van der Waals surface area (Å²) >= 11 is 0. The van der Waals surface area contributed by atoms with Gasteiger partial charge in [-0.2, -0.15) is 13.2 Å². The van der Waals surface area contributed by atoms with Crippen LogP contribution in [0, 0.1) is 5.92 Å². The molecule has 26 heavy (non-hydrogen) atoms. The highest BCUT2D eigenvalue weighted by Gasteiger charge is 2.29. The van der Waals surface area contributed by atoms with E-state index < -0.39 is 12.8 Å². The van der Waals surface area contributed by atoms with Gasteiger partial charge >= 0.3 is 6.18 Å². The number of hydrogen-bond acceptors (Lipinski definition) is 3. The fourth-order valence-electron chi connectivity index (χ4n) is 2.22. The first-order valence-electron chi connectivity index (χ1n) is 8.56. The van der Waals surface area contributed by atoms with Crippen molar-refractivity contribution in [3.05, 3.63) is 23.8 Å². The predicted molar refractivity (Wildman–Crippen MR) is 96.8 cm³/mol. The van der Waals surface area contributed by atoms with Crippen LogP contribution in [0.2, 0.25) is 0 Å². The quantitative estimate of drug-likeness (QED) is 0.392. The van der Waals surface area contributed by atoms with Crippen molar-refractivity contribution in [2.24, 2.45) is 10.9 Å². The van der Waals surface area contributed by atoms with E-state index in [0.717, 1.165) is 24.9 Å². The smallest absolute Gasteiger partial charge is 0.422 e. The van der Waals surface area contributed by atoms with Crippen molar-refractivity contribution in [2.45, 2.75) is 39.4 Å². The third-order valence-electron chi connectivity index (χ3n) is 3.55. The van der Waals surface area contributed by atoms with Crippen molar-refractivity contribution >= 4 is 5.96 Å². The second kappa shape index (κ2) is 10.8. The Morgan fingerprint density at radius 1 is 1.19 bits per heavy atom. The summed E-state index contributed by atoms with van der Waals surface area (Å²) in [5, 5.41) is 6.39. The summed E-state index contributed by atoms with van der Waals surface area (Å²) in [5.74, 6) is 1.65.